The summed E-state index contributed by atoms with van der Waals surface area (Å²) in [4.78, 5) is 25.0. The van der Waals surface area contributed by atoms with Crippen molar-refractivity contribution in [2.24, 2.45) is 5.73 Å². The van der Waals surface area contributed by atoms with E-state index < -0.39 is 17.5 Å². The van der Waals surface area contributed by atoms with Crippen molar-refractivity contribution < 1.29 is 19.1 Å². The van der Waals surface area contributed by atoms with Crippen molar-refractivity contribution >= 4 is 11.9 Å². The molecule has 2 aromatic rings. The number of ether oxygens (including phenoxy) is 2. The number of hydrogen-bond donors (Lipinski definition) is 1. The second-order valence-electron chi connectivity index (χ2n) is 8.53. The van der Waals surface area contributed by atoms with E-state index in [4.69, 9.17) is 15.2 Å². The molecule has 29 heavy (non-hydrogen) atoms. The van der Waals surface area contributed by atoms with E-state index in [2.05, 4.69) is 19.1 Å². The number of carbonyl (C=O) groups is 2. The third kappa shape index (κ3) is 3.74. The van der Waals surface area contributed by atoms with Crippen LogP contribution >= 0.6 is 0 Å². The van der Waals surface area contributed by atoms with Crippen LogP contribution in [0.1, 0.15) is 60.5 Å². The molecule has 4 rings (SSSR count). The molecule has 1 saturated carbocycles. The predicted octanol–water partition coefficient (Wildman–Crippen LogP) is 3.92. The largest absolute Gasteiger partial charge is 0.492 e. The maximum absolute atomic E-state index is 12.9. The number of esters is 1. The zero-order valence-electron chi connectivity index (χ0n) is 16.8. The van der Waals surface area contributed by atoms with Gasteiger partial charge in [-0.2, -0.15) is 0 Å². The second kappa shape index (κ2) is 7.54. The molecule has 5 nitrogen and oxygen atoms in total. The van der Waals surface area contributed by atoms with Crippen LogP contribution in [0.15, 0.2) is 48.5 Å². The van der Waals surface area contributed by atoms with Crippen molar-refractivity contribution in [3.05, 3.63) is 65.2 Å². The zero-order chi connectivity index (χ0) is 20.5. The highest BCUT2D eigenvalue weighted by molar-refractivity contribution is 5.94. The summed E-state index contributed by atoms with van der Waals surface area (Å²) in [6.45, 7) is 2.70. The molecule has 2 N–H and O–H groups in total. The molecule has 1 atom stereocenters. The third-order valence-electron chi connectivity index (χ3n) is 6.25. The predicted molar refractivity (Wildman–Crippen MR) is 110 cm³/mol. The molecule has 1 heterocycles. The smallest absolute Gasteiger partial charge is 0.339 e. The second-order valence-corrected chi connectivity index (χ2v) is 8.53. The van der Waals surface area contributed by atoms with E-state index in [1.807, 2.05) is 30.3 Å². The highest BCUT2D eigenvalue weighted by atomic mass is 16.6. The van der Waals surface area contributed by atoms with Gasteiger partial charge in [-0.05, 0) is 55.9 Å². The highest BCUT2D eigenvalue weighted by Crippen LogP contribution is 2.42. The minimum atomic E-state index is -1.18. The van der Waals surface area contributed by atoms with Crippen LogP contribution in [0, 0.1) is 0 Å². The van der Waals surface area contributed by atoms with Gasteiger partial charge in [-0.25, -0.2) is 4.79 Å². The molecule has 5 heteroatoms. The summed E-state index contributed by atoms with van der Waals surface area (Å²) in [5.74, 6) is -0.256. The van der Waals surface area contributed by atoms with Crippen LogP contribution in [-0.2, 0) is 21.4 Å². The fourth-order valence-electron chi connectivity index (χ4n) is 4.52. The van der Waals surface area contributed by atoms with Gasteiger partial charge in [-0.15, -0.1) is 0 Å². The lowest BCUT2D eigenvalue weighted by Crippen LogP contribution is -2.49. The van der Waals surface area contributed by atoms with Crippen molar-refractivity contribution in [1.82, 2.24) is 0 Å². The molecule has 0 saturated heterocycles. The van der Waals surface area contributed by atoms with E-state index in [0.29, 0.717) is 25.0 Å². The number of amides is 1. The van der Waals surface area contributed by atoms with Gasteiger partial charge in [0.25, 0.3) is 5.91 Å². The average molecular weight is 393 g/mol. The molecule has 0 aromatic heterocycles. The van der Waals surface area contributed by atoms with Gasteiger partial charge in [0.1, 0.15) is 5.75 Å². The van der Waals surface area contributed by atoms with Gasteiger partial charge in [0.05, 0.1) is 12.2 Å². The van der Waals surface area contributed by atoms with Crippen molar-refractivity contribution in [2.75, 3.05) is 6.61 Å². The van der Waals surface area contributed by atoms with E-state index in [9.17, 15) is 9.59 Å². The van der Waals surface area contributed by atoms with E-state index >= 15 is 0 Å². The monoisotopic (exact) mass is 393 g/mol. The minimum Gasteiger partial charge on any atom is -0.492 e. The Balaban J connectivity index is 1.59. The third-order valence-corrected chi connectivity index (χ3v) is 6.25. The van der Waals surface area contributed by atoms with Gasteiger partial charge in [-0.1, -0.05) is 43.7 Å². The van der Waals surface area contributed by atoms with E-state index in [1.165, 1.54) is 5.56 Å². The molecule has 1 aliphatic carbocycles. The Morgan fingerprint density at radius 2 is 1.79 bits per heavy atom. The van der Waals surface area contributed by atoms with E-state index in [-0.39, 0.29) is 5.41 Å². The molecule has 0 spiro atoms. The first-order chi connectivity index (χ1) is 13.9. The van der Waals surface area contributed by atoms with Crippen LogP contribution in [0.2, 0.25) is 0 Å². The molecule has 1 unspecified atom stereocenters. The summed E-state index contributed by atoms with van der Waals surface area (Å²) in [6, 6.07) is 15.6. The van der Waals surface area contributed by atoms with Crippen LogP contribution in [0.3, 0.4) is 0 Å². The maximum atomic E-state index is 12.9. The Labute approximate surface area is 171 Å². The lowest BCUT2D eigenvalue weighted by molar-refractivity contribution is -0.140. The summed E-state index contributed by atoms with van der Waals surface area (Å²) in [7, 11) is 0. The van der Waals surface area contributed by atoms with Crippen molar-refractivity contribution in [3.8, 4) is 5.75 Å². The molecule has 0 bridgehead atoms. The molecular weight excluding hydrogens is 366 g/mol. The van der Waals surface area contributed by atoms with Gasteiger partial charge in [0, 0.05) is 11.0 Å². The first kappa shape index (κ1) is 19.5. The summed E-state index contributed by atoms with van der Waals surface area (Å²) >= 11 is 0. The fourth-order valence-corrected chi connectivity index (χ4v) is 4.52. The Morgan fingerprint density at radius 1 is 1.07 bits per heavy atom. The van der Waals surface area contributed by atoms with Crippen LogP contribution in [-0.4, -0.2) is 24.1 Å². The Morgan fingerprint density at radius 3 is 2.48 bits per heavy atom. The summed E-state index contributed by atoms with van der Waals surface area (Å²) in [5.41, 5.74) is 6.83. The molecule has 1 amide bonds. The number of hydrogen-bond acceptors (Lipinski definition) is 4. The molecule has 1 aliphatic heterocycles. The Kier molecular flexibility index (Phi) is 5.07. The van der Waals surface area contributed by atoms with Crippen LogP contribution in [0.5, 0.6) is 5.75 Å². The van der Waals surface area contributed by atoms with Gasteiger partial charge < -0.3 is 15.2 Å². The van der Waals surface area contributed by atoms with Gasteiger partial charge in [-0.3, -0.25) is 4.79 Å². The van der Waals surface area contributed by atoms with Crippen molar-refractivity contribution in [1.29, 1.82) is 0 Å². The topological polar surface area (TPSA) is 78.6 Å². The number of nitrogens with two attached hydrogens (primary N) is 1. The first-order valence-electron chi connectivity index (χ1n) is 10.3. The molecule has 2 aliphatic rings. The molecule has 152 valence electrons. The van der Waals surface area contributed by atoms with Crippen LogP contribution in [0.4, 0.5) is 0 Å². The maximum Gasteiger partial charge on any atom is 0.339 e. The standard InChI is InChI=1S/C24H27NO4/c1-23(15-17-8-4-2-5-9-17)16-28-20-11-10-18(14-19(20)23)21(26)29-24(22(25)27)12-6-3-7-13-24/h2,4-5,8-11,14H,3,6-7,12-13,15-16H2,1H3,(H2,25,27). The zero-order valence-corrected chi connectivity index (χ0v) is 16.8. The number of rotatable bonds is 5. The SMILES string of the molecule is CC1(Cc2ccccc2)COc2ccc(C(=O)OC3(C(N)=O)CCCCC3)cc21. The highest BCUT2D eigenvalue weighted by Gasteiger charge is 2.43. The molecule has 2 aromatic carbocycles. The lowest BCUT2D eigenvalue weighted by atomic mass is 9.78. The van der Waals surface area contributed by atoms with Gasteiger partial charge >= 0.3 is 5.97 Å². The summed E-state index contributed by atoms with van der Waals surface area (Å²) in [5, 5.41) is 0. The lowest BCUT2D eigenvalue weighted by Gasteiger charge is -2.33. The fraction of sp³-hybridized carbons (Fsp3) is 0.417. The van der Waals surface area contributed by atoms with Gasteiger partial charge in [0.15, 0.2) is 5.60 Å². The molecular formula is C24H27NO4. The van der Waals surface area contributed by atoms with Crippen LogP contribution < -0.4 is 10.5 Å². The van der Waals surface area contributed by atoms with Crippen molar-refractivity contribution in [2.45, 2.75) is 56.5 Å². The van der Waals surface area contributed by atoms with E-state index in [1.54, 1.807) is 6.07 Å². The van der Waals surface area contributed by atoms with E-state index in [0.717, 1.165) is 37.0 Å². The van der Waals surface area contributed by atoms with Gasteiger partial charge in [0.2, 0.25) is 0 Å². The molecule has 1 fully saturated rings. The molecule has 0 radical (unpaired) electrons. The van der Waals surface area contributed by atoms with Crippen molar-refractivity contribution in [3.63, 3.8) is 0 Å². The Bertz CT molecular complexity index is 918. The number of primary amides is 1. The normalized spacial score (nSPS) is 22.4. The number of fused-ring (bicyclic) bond motifs is 1. The minimum absolute atomic E-state index is 0.237. The number of benzene rings is 2. The average Bonchev–Trinajstić information content (AvgIpc) is 3.05. The number of carbonyl (C=O) groups excluding carboxylic acids is 2. The first-order valence-corrected chi connectivity index (χ1v) is 10.3. The summed E-state index contributed by atoms with van der Waals surface area (Å²) in [6.07, 6.45) is 4.50. The Hall–Kier alpha value is -2.82. The summed E-state index contributed by atoms with van der Waals surface area (Å²) < 4.78 is 11.6. The van der Waals surface area contributed by atoms with Crippen LogP contribution in [0.25, 0.3) is 0 Å². The quantitative estimate of drug-likeness (QED) is 0.781.